The van der Waals surface area contributed by atoms with Gasteiger partial charge in [-0.2, -0.15) is 0 Å². The van der Waals surface area contributed by atoms with Crippen molar-refractivity contribution in [2.45, 2.75) is 61.0 Å². The second-order valence-electron chi connectivity index (χ2n) is 8.83. The first-order chi connectivity index (χ1) is 16.2. The second kappa shape index (κ2) is 9.21. The molecule has 4 aromatic rings. The Kier molecular flexibility index (Phi) is 6.32. The van der Waals surface area contributed by atoms with Gasteiger partial charge in [0.15, 0.2) is 5.89 Å². The number of aryl methyl sites for hydroxylation is 4. The Balaban J connectivity index is 1.76. The molecule has 0 aliphatic heterocycles. The first kappa shape index (κ1) is 23.4. The summed E-state index contributed by atoms with van der Waals surface area (Å²) >= 11 is 0. The minimum atomic E-state index is -0.145. The summed E-state index contributed by atoms with van der Waals surface area (Å²) in [7, 11) is 0. The zero-order chi connectivity index (χ0) is 24.6. The third-order valence-corrected chi connectivity index (χ3v) is 5.69. The number of aromatic nitrogens is 5. The maximum Gasteiger partial charge on any atom is 0.261 e. The van der Waals surface area contributed by atoms with E-state index in [2.05, 4.69) is 28.8 Å². The fourth-order valence-corrected chi connectivity index (χ4v) is 3.75. The highest BCUT2D eigenvalue weighted by Crippen LogP contribution is 2.26. The van der Waals surface area contributed by atoms with Crippen LogP contribution < -0.4 is 10.3 Å². The maximum atomic E-state index is 13.4. The minimum Gasteiger partial charge on any atom is -0.487 e. The van der Waals surface area contributed by atoms with Crippen LogP contribution >= 0.6 is 0 Å². The second-order valence-corrected chi connectivity index (χ2v) is 8.83. The Labute approximate surface area is 198 Å². The summed E-state index contributed by atoms with van der Waals surface area (Å²) in [6.07, 6.45) is 5.16. The Morgan fingerprint density at radius 1 is 1.00 bits per heavy atom. The Hall–Kier alpha value is -3.81. The van der Waals surface area contributed by atoms with Crippen molar-refractivity contribution in [1.82, 2.24) is 24.5 Å². The standard InChI is InChI=1S/C26H29N5O3/c1-14(2)25-28-11-16(4)24(30-25)21-9-22(15(3)10-27-21)31-17(5)8-23(18(6)26(31)32)34-13-20-12-33-19(7)29-20/h8-12,14H,13H2,1-7H3. The molecule has 0 fully saturated rings. The third-order valence-electron chi connectivity index (χ3n) is 5.69. The SMILES string of the molecule is Cc1nc(COc2cc(C)n(-c3cc(-c4nc(C(C)C)ncc4C)ncc3C)c(=O)c2C)co1. The molecular weight excluding hydrogens is 430 g/mol. The molecule has 0 aromatic carbocycles. The molecule has 0 bridgehead atoms. The van der Waals surface area contributed by atoms with Gasteiger partial charge in [0.05, 0.1) is 22.6 Å². The predicted molar refractivity (Wildman–Crippen MR) is 129 cm³/mol. The number of hydrogen-bond donors (Lipinski definition) is 0. The molecule has 0 aliphatic rings. The molecule has 4 aromatic heterocycles. The summed E-state index contributed by atoms with van der Waals surface area (Å²) in [4.78, 5) is 31.5. The van der Waals surface area contributed by atoms with Gasteiger partial charge >= 0.3 is 0 Å². The number of rotatable bonds is 6. The molecular formula is C26H29N5O3. The van der Waals surface area contributed by atoms with E-state index in [0.29, 0.717) is 28.6 Å². The van der Waals surface area contributed by atoms with Crippen molar-refractivity contribution in [3.63, 3.8) is 0 Å². The molecule has 0 amide bonds. The molecule has 0 aliphatic carbocycles. The van der Waals surface area contributed by atoms with Crippen LogP contribution in [0.25, 0.3) is 17.1 Å². The third kappa shape index (κ3) is 4.48. The zero-order valence-electron chi connectivity index (χ0n) is 20.6. The van der Waals surface area contributed by atoms with E-state index >= 15 is 0 Å². The quantitative estimate of drug-likeness (QED) is 0.404. The van der Waals surface area contributed by atoms with E-state index in [0.717, 1.165) is 34.0 Å². The highest BCUT2D eigenvalue weighted by atomic mass is 16.5. The van der Waals surface area contributed by atoms with Crippen molar-refractivity contribution in [3.8, 4) is 22.8 Å². The lowest BCUT2D eigenvalue weighted by atomic mass is 10.1. The molecule has 176 valence electrons. The summed E-state index contributed by atoms with van der Waals surface area (Å²) in [6.45, 7) is 13.7. The molecule has 4 heterocycles. The van der Waals surface area contributed by atoms with Gasteiger partial charge in [0, 0.05) is 37.0 Å². The lowest BCUT2D eigenvalue weighted by Crippen LogP contribution is -2.24. The van der Waals surface area contributed by atoms with E-state index < -0.39 is 0 Å². The van der Waals surface area contributed by atoms with Crippen LogP contribution in [0.15, 0.2) is 40.0 Å². The first-order valence-corrected chi connectivity index (χ1v) is 11.2. The number of nitrogens with zero attached hydrogens (tertiary/aromatic N) is 5. The smallest absolute Gasteiger partial charge is 0.261 e. The predicted octanol–water partition coefficient (Wildman–Crippen LogP) is 4.92. The van der Waals surface area contributed by atoms with E-state index in [9.17, 15) is 4.79 Å². The average Bonchev–Trinajstić information content (AvgIpc) is 3.22. The topological polar surface area (TPSA) is 95.9 Å². The summed E-state index contributed by atoms with van der Waals surface area (Å²) in [5, 5.41) is 0. The van der Waals surface area contributed by atoms with E-state index in [-0.39, 0.29) is 18.1 Å². The number of pyridine rings is 2. The molecule has 4 rings (SSSR count). The summed E-state index contributed by atoms with van der Waals surface area (Å²) in [5.41, 5.74) is 5.85. The van der Waals surface area contributed by atoms with Crippen LogP contribution in [-0.4, -0.2) is 24.5 Å². The minimum absolute atomic E-state index is 0.145. The Bertz CT molecular complexity index is 1420. The van der Waals surface area contributed by atoms with Crippen molar-refractivity contribution < 1.29 is 9.15 Å². The van der Waals surface area contributed by atoms with E-state index in [1.165, 1.54) is 0 Å². The van der Waals surface area contributed by atoms with Crippen LogP contribution in [0, 0.1) is 34.6 Å². The lowest BCUT2D eigenvalue weighted by molar-refractivity contribution is 0.297. The molecule has 0 N–H and O–H groups in total. The first-order valence-electron chi connectivity index (χ1n) is 11.2. The van der Waals surface area contributed by atoms with Gasteiger partial charge in [-0.25, -0.2) is 15.0 Å². The normalized spacial score (nSPS) is 11.3. The van der Waals surface area contributed by atoms with Gasteiger partial charge in [-0.05, 0) is 44.9 Å². The molecule has 0 saturated heterocycles. The molecule has 8 heteroatoms. The molecule has 34 heavy (non-hydrogen) atoms. The van der Waals surface area contributed by atoms with Gasteiger partial charge in [-0.1, -0.05) is 13.8 Å². The van der Waals surface area contributed by atoms with E-state index in [1.807, 2.05) is 39.1 Å². The van der Waals surface area contributed by atoms with Crippen molar-refractivity contribution in [1.29, 1.82) is 0 Å². The molecule has 0 unspecified atom stereocenters. The van der Waals surface area contributed by atoms with Crippen molar-refractivity contribution in [2.24, 2.45) is 0 Å². The van der Waals surface area contributed by atoms with Crippen LogP contribution in [0.1, 0.15) is 59.6 Å². The van der Waals surface area contributed by atoms with Crippen molar-refractivity contribution in [3.05, 3.63) is 80.9 Å². The van der Waals surface area contributed by atoms with Crippen molar-refractivity contribution >= 4 is 0 Å². The van der Waals surface area contributed by atoms with E-state index in [4.69, 9.17) is 14.1 Å². The summed E-state index contributed by atoms with van der Waals surface area (Å²) in [6, 6.07) is 3.79. The van der Waals surface area contributed by atoms with E-state index in [1.54, 1.807) is 30.9 Å². The Morgan fingerprint density at radius 3 is 2.41 bits per heavy atom. The lowest BCUT2D eigenvalue weighted by Gasteiger charge is -2.17. The van der Waals surface area contributed by atoms with Crippen LogP contribution in [0.2, 0.25) is 0 Å². The summed E-state index contributed by atoms with van der Waals surface area (Å²) in [5.74, 6) is 2.06. The molecule has 0 atom stereocenters. The van der Waals surface area contributed by atoms with Crippen LogP contribution in [0.3, 0.4) is 0 Å². The van der Waals surface area contributed by atoms with Gasteiger partial charge in [-0.3, -0.25) is 14.3 Å². The largest absolute Gasteiger partial charge is 0.487 e. The zero-order valence-corrected chi connectivity index (χ0v) is 20.6. The van der Waals surface area contributed by atoms with Gasteiger partial charge in [0.25, 0.3) is 5.56 Å². The van der Waals surface area contributed by atoms with Crippen LogP contribution in [0.5, 0.6) is 5.75 Å². The molecule has 8 nitrogen and oxygen atoms in total. The van der Waals surface area contributed by atoms with Gasteiger partial charge in [-0.15, -0.1) is 0 Å². The monoisotopic (exact) mass is 459 g/mol. The molecule has 0 radical (unpaired) electrons. The number of ether oxygens (including phenoxy) is 1. The number of oxazole rings is 1. The summed E-state index contributed by atoms with van der Waals surface area (Å²) < 4.78 is 12.8. The highest BCUT2D eigenvalue weighted by Gasteiger charge is 2.17. The van der Waals surface area contributed by atoms with Crippen LogP contribution in [-0.2, 0) is 6.61 Å². The van der Waals surface area contributed by atoms with Gasteiger partial charge < -0.3 is 9.15 Å². The fourth-order valence-electron chi connectivity index (χ4n) is 3.75. The van der Waals surface area contributed by atoms with Gasteiger partial charge in [0.2, 0.25) is 0 Å². The fraction of sp³-hybridized carbons (Fsp3) is 0.346. The highest BCUT2D eigenvalue weighted by molar-refractivity contribution is 5.62. The number of hydrogen-bond acceptors (Lipinski definition) is 7. The van der Waals surface area contributed by atoms with Gasteiger partial charge in [0.1, 0.15) is 30.1 Å². The molecule has 0 spiro atoms. The average molecular weight is 460 g/mol. The molecule has 0 saturated carbocycles. The Morgan fingerprint density at radius 2 is 1.74 bits per heavy atom. The van der Waals surface area contributed by atoms with Crippen molar-refractivity contribution in [2.75, 3.05) is 0 Å². The van der Waals surface area contributed by atoms with Crippen LogP contribution in [0.4, 0.5) is 0 Å². The maximum absolute atomic E-state index is 13.4.